The van der Waals surface area contributed by atoms with Crippen molar-refractivity contribution in [1.29, 1.82) is 0 Å². The molecule has 33 heavy (non-hydrogen) atoms. The monoisotopic (exact) mass is 487 g/mol. The van der Waals surface area contributed by atoms with Gasteiger partial charge in [-0.3, -0.25) is 9.52 Å². The second kappa shape index (κ2) is 9.34. The maximum atomic E-state index is 12.7. The summed E-state index contributed by atoms with van der Waals surface area (Å²) >= 11 is 0. The van der Waals surface area contributed by atoms with Crippen LogP contribution in [0.4, 0.5) is 11.4 Å². The summed E-state index contributed by atoms with van der Waals surface area (Å²) in [5.74, 6) is -0.487. The van der Waals surface area contributed by atoms with Gasteiger partial charge in [-0.2, -0.15) is 0 Å². The van der Waals surface area contributed by atoms with Crippen LogP contribution in [0.2, 0.25) is 0 Å². The van der Waals surface area contributed by atoms with E-state index in [0.29, 0.717) is 22.5 Å². The number of sulfonamides is 2. The van der Waals surface area contributed by atoms with Gasteiger partial charge < -0.3 is 5.32 Å². The summed E-state index contributed by atoms with van der Waals surface area (Å²) in [7, 11) is -6.15. The van der Waals surface area contributed by atoms with E-state index in [-0.39, 0.29) is 15.4 Å². The second-order valence-corrected chi connectivity index (χ2v) is 11.1. The maximum absolute atomic E-state index is 12.7. The molecule has 10 heteroatoms. The number of benzene rings is 3. The molecule has 0 spiro atoms. The summed E-state index contributed by atoms with van der Waals surface area (Å²) in [6.45, 7) is 5.28. The van der Waals surface area contributed by atoms with Crippen LogP contribution < -0.4 is 14.8 Å². The van der Waals surface area contributed by atoms with Gasteiger partial charge in [-0.1, -0.05) is 17.7 Å². The lowest BCUT2D eigenvalue weighted by molar-refractivity contribution is 0.102. The quantitative estimate of drug-likeness (QED) is 0.470. The highest BCUT2D eigenvalue weighted by Gasteiger charge is 2.20. The Morgan fingerprint density at radius 1 is 0.758 bits per heavy atom. The molecule has 0 heterocycles. The number of anilines is 2. The molecule has 3 aromatic carbocycles. The summed E-state index contributed by atoms with van der Waals surface area (Å²) < 4.78 is 54.4. The van der Waals surface area contributed by atoms with E-state index in [1.807, 2.05) is 6.92 Å². The summed E-state index contributed by atoms with van der Waals surface area (Å²) in [4.78, 5) is 12.9. The zero-order valence-corrected chi connectivity index (χ0v) is 20.3. The summed E-state index contributed by atoms with van der Waals surface area (Å²) in [6.07, 6.45) is 0. The third kappa shape index (κ3) is 5.59. The van der Waals surface area contributed by atoms with Gasteiger partial charge in [0.15, 0.2) is 0 Å². The van der Waals surface area contributed by atoms with Crippen molar-refractivity contribution < 1.29 is 21.6 Å². The van der Waals surface area contributed by atoms with Crippen LogP contribution in [0.3, 0.4) is 0 Å². The van der Waals surface area contributed by atoms with Crippen LogP contribution in [0, 0.1) is 20.8 Å². The number of hydrogen-bond acceptors (Lipinski definition) is 5. The second-order valence-electron chi connectivity index (χ2n) is 7.57. The van der Waals surface area contributed by atoms with E-state index in [1.165, 1.54) is 37.4 Å². The molecule has 0 atom stereocenters. The van der Waals surface area contributed by atoms with Crippen LogP contribution in [0.15, 0.2) is 70.5 Å². The van der Waals surface area contributed by atoms with Gasteiger partial charge in [0.05, 0.1) is 9.79 Å². The zero-order chi connectivity index (χ0) is 24.4. The van der Waals surface area contributed by atoms with E-state index < -0.39 is 26.0 Å². The molecule has 0 aliphatic heterocycles. The molecule has 0 saturated carbocycles. The standard InChI is InChI=1S/C23H25N3O5S2/c1-15-5-11-21(12-6-15)32(28,29)26-20-9-7-19(8-10-20)25-23(27)18-13-16(2)17(3)22(14-18)33(30,31)24-4/h5-14,24,26H,1-4H3,(H,25,27). The Morgan fingerprint density at radius 2 is 1.33 bits per heavy atom. The van der Waals surface area contributed by atoms with Crippen molar-refractivity contribution >= 4 is 37.3 Å². The topological polar surface area (TPSA) is 121 Å². The van der Waals surface area contributed by atoms with Crippen molar-refractivity contribution in [3.63, 3.8) is 0 Å². The minimum atomic E-state index is -3.74. The van der Waals surface area contributed by atoms with Crippen molar-refractivity contribution in [1.82, 2.24) is 4.72 Å². The molecule has 8 nitrogen and oxygen atoms in total. The van der Waals surface area contributed by atoms with Crippen LogP contribution in [-0.2, 0) is 20.0 Å². The molecule has 0 unspecified atom stereocenters. The third-order valence-electron chi connectivity index (χ3n) is 5.17. The van der Waals surface area contributed by atoms with Crippen molar-refractivity contribution in [2.45, 2.75) is 30.6 Å². The third-order valence-corrected chi connectivity index (χ3v) is 8.10. The molecule has 3 N–H and O–H groups in total. The van der Waals surface area contributed by atoms with Crippen LogP contribution in [-0.4, -0.2) is 29.8 Å². The fourth-order valence-electron chi connectivity index (χ4n) is 3.10. The van der Waals surface area contributed by atoms with E-state index in [2.05, 4.69) is 14.8 Å². The Balaban J connectivity index is 1.78. The molecule has 3 aromatic rings. The molecule has 3 rings (SSSR count). The lowest BCUT2D eigenvalue weighted by Gasteiger charge is -2.13. The molecule has 174 valence electrons. The first kappa shape index (κ1) is 24.4. The van der Waals surface area contributed by atoms with Gasteiger partial charge in [-0.25, -0.2) is 21.6 Å². The number of amides is 1. The number of carbonyl (C=O) groups is 1. The Kier molecular flexibility index (Phi) is 6.92. The summed E-state index contributed by atoms with van der Waals surface area (Å²) in [5.41, 5.74) is 3.13. The fourth-order valence-corrected chi connectivity index (χ4v) is 5.23. The first-order chi connectivity index (χ1) is 15.4. The van der Waals surface area contributed by atoms with Gasteiger partial charge in [0.2, 0.25) is 10.0 Å². The van der Waals surface area contributed by atoms with Crippen LogP contribution in [0.25, 0.3) is 0 Å². The van der Waals surface area contributed by atoms with Gasteiger partial charge in [0.25, 0.3) is 15.9 Å². The Hall–Kier alpha value is -3.21. The number of nitrogens with one attached hydrogen (secondary N) is 3. The molecular weight excluding hydrogens is 462 g/mol. The van der Waals surface area contributed by atoms with Gasteiger partial charge in [-0.05, 0) is 87.5 Å². The number of hydrogen-bond donors (Lipinski definition) is 3. The average molecular weight is 488 g/mol. The highest BCUT2D eigenvalue weighted by molar-refractivity contribution is 7.92. The van der Waals surface area contributed by atoms with Crippen LogP contribution in [0.5, 0.6) is 0 Å². The molecule has 0 bridgehead atoms. The molecule has 0 aliphatic rings. The highest BCUT2D eigenvalue weighted by atomic mass is 32.2. The summed E-state index contributed by atoms with van der Waals surface area (Å²) in [6, 6.07) is 15.6. The lowest BCUT2D eigenvalue weighted by Crippen LogP contribution is -2.21. The predicted octanol–water partition coefficient (Wildman–Crippen LogP) is 3.57. The van der Waals surface area contributed by atoms with Crippen LogP contribution in [0.1, 0.15) is 27.0 Å². The molecule has 1 amide bonds. The number of rotatable bonds is 7. The highest BCUT2D eigenvalue weighted by Crippen LogP contribution is 2.23. The van der Waals surface area contributed by atoms with Gasteiger partial charge in [-0.15, -0.1) is 0 Å². The average Bonchev–Trinajstić information content (AvgIpc) is 2.76. The molecule has 0 radical (unpaired) electrons. The van der Waals surface area contributed by atoms with E-state index >= 15 is 0 Å². The Labute approximate surface area is 194 Å². The first-order valence-corrected chi connectivity index (χ1v) is 13.0. The molecular formula is C23H25N3O5S2. The molecule has 0 aliphatic carbocycles. The number of carbonyl (C=O) groups excluding carboxylic acids is 1. The van der Waals surface area contributed by atoms with Crippen molar-refractivity contribution in [3.8, 4) is 0 Å². The normalized spacial score (nSPS) is 11.8. The Morgan fingerprint density at radius 3 is 1.91 bits per heavy atom. The van der Waals surface area contributed by atoms with E-state index in [0.717, 1.165) is 5.56 Å². The van der Waals surface area contributed by atoms with Crippen molar-refractivity contribution in [2.75, 3.05) is 17.1 Å². The van der Waals surface area contributed by atoms with E-state index in [4.69, 9.17) is 0 Å². The maximum Gasteiger partial charge on any atom is 0.261 e. The smallest absolute Gasteiger partial charge is 0.261 e. The van der Waals surface area contributed by atoms with E-state index in [9.17, 15) is 21.6 Å². The lowest BCUT2D eigenvalue weighted by atomic mass is 10.1. The van der Waals surface area contributed by atoms with Crippen molar-refractivity contribution in [3.05, 3.63) is 82.9 Å². The predicted molar refractivity (Wildman–Crippen MR) is 129 cm³/mol. The summed E-state index contributed by atoms with van der Waals surface area (Å²) in [5, 5.41) is 2.70. The van der Waals surface area contributed by atoms with Gasteiger partial charge in [0, 0.05) is 16.9 Å². The zero-order valence-electron chi connectivity index (χ0n) is 18.6. The van der Waals surface area contributed by atoms with Crippen molar-refractivity contribution in [2.24, 2.45) is 0 Å². The van der Waals surface area contributed by atoms with Crippen LogP contribution >= 0.6 is 0 Å². The van der Waals surface area contributed by atoms with Gasteiger partial charge >= 0.3 is 0 Å². The fraction of sp³-hybridized carbons (Fsp3) is 0.174. The van der Waals surface area contributed by atoms with Gasteiger partial charge in [0.1, 0.15) is 0 Å². The SMILES string of the molecule is CNS(=O)(=O)c1cc(C(=O)Nc2ccc(NS(=O)(=O)c3ccc(C)cc3)cc2)cc(C)c1C. The number of aryl methyl sites for hydroxylation is 2. The largest absolute Gasteiger partial charge is 0.322 e. The van der Waals surface area contributed by atoms with E-state index in [1.54, 1.807) is 44.2 Å². The first-order valence-electron chi connectivity index (χ1n) is 9.98. The molecule has 0 saturated heterocycles. The molecule has 0 aromatic heterocycles. The minimum absolute atomic E-state index is 0.0380. The minimum Gasteiger partial charge on any atom is -0.322 e. The molecule has 0 fully saturated rings. The Bertz CT molecular complexity index is 1400.